The molecule has 0 aliphatic rings. The van der Waals surface area contributed by atoms with E-state index < -0.39 is 29.2 Å². The number of pyridine rings is 2. The van der Waals surface area contributed by atoms with Crippen molar-refractivity contribution in [2.75, 3.05) is 0 Å². The van der Waals surface area contributed by atoms with E-state index in [9.17, 15) is 13.2 Å². The first-order valence-electron chi connectivity index (χ1n) is 7.46. The van der Waals surface area contributed by atoms with Crippen LogP contribution in [0.25, 0.3) is 0 Å². The number of benzene rings is 1. The predicted octanol–water partition coefficient (Wildman–Crippen LogP) is 5.23. The summed E-state index contributed by atoms with van der Waals surface area (Å²) in [5, 5.41) is 0.148. The van der Waals surface area contributed by atoms with Gasteiger partial charge >= 0.3 is 0 Å². The Morgan fingerprint density at radius 3 is 2.38 bits per heavy atom. The summed E-state index contributed by atoms with van der Waals surface area (Å²) >= 11 is 5.75. The number of hydrogen-bond donors (Lipinski definition) is 0. The number of nitrogens with zero attached hydrogens (tertiary/aromatic N) is 2. The minimum absolute atomic E-state index is 0.0736. The van der Waals surface area contributed by atoms with Gasteiger partial charge in [0.05, 0.1) is 0 Å². The van der Waals surface area contributed by atoms with Gasteiger partial charge in [-0.25, -0.2) is 18.2 Å². The van der Waals surface area contributed by atoms with Crippen LogP contribution in [0.2, 0.25) is 5.15 Å². The van der Waals surface area contributed by atoms with E-state index in [4.69, 9.17) is 21.1 Å². The highest BCUT2D eigenvalue weighted by Gasteiger charge is 2.20. The number of hydrogen-bond acceptors (Lipinski definition) is 4. The zero-order valence-corrected chi connectivity index (χ0v) is 14.2. The van der Waals surface area contributed by atoms with Crippen molar-refractivity contribution in [3.63, 3.8) is 0 Å². The van der Waals surface area contributed by atoms with Crippen molar-refractivity contribution >= 4 is 11.6 Å². The van der Waals surface area contributed by atoms with Gasteiger partial charge in [0.2, 0.25) is 0 Å². The summed E-state index contributed by atoms with van der Waals surface area (Å²) in [6.45, 7) is 1.17. The van der Waals surface area contributed by atoms with Crippen molar-refractivity contribution in [3.05, 3.63) is 76.3 Å². The summed E-state index contributed by atoms with van der Waals surface area (Å²) in [6.07, 6.45) is 1.37. The Morgan fingerprint density at radius 2 is 1.69 bits per heavy atom. The first-order chi connectivity index (χ1) is 12.4. The van der Waals surface area contributed by atoms with Gasteiger partial charge in [-0.3, -0.25) is 0 Å². The highest BCUT2D eigenvalue weighted by Crippen LogP contribution is 2.31. The van der Waals surface area contributed by atoms with E-state index in [2.05, 4.69) is 9.97 Å². The molecular weight excluding hydrogens is 369 g/mol. The summed E-state index contributed by atoms with van der Waals surface area (Å²) in [4.78, 5) is 7.54. The van der Waals surface area contributed by atoms with E-state index in [0.717, 1.165) is 0 Å². The molecule has 0 fully saturated rings. The van der Waals surface area contributed by atoms with Crippen molar-refractivity contribution in [1.29, 1.82) is 0 Å². The van der Waals surface area contributed by atoms with E-state index in [1.807, 2.05) is 0 Å². The van der Waals surface area contributed by atoms with Crippen LogP contribution in [0.5, 0.6) is 17.5 Å². The zero-order valence-electron chi connectivity index (χ0n) is 13.5. The number of rotatable bonds is 5. The van der Waals surface area contributed by atoms with E-state index in [-0.39, 0.29) is 23.1 Å². The fraction of sp³-hybridized carbons (Fsp3) is 0.111. The number of aromatic nitrogens is 2. The zero-order chi connectivity index (χ0) is 18.7. The van der Waals surface area contributed by atoms with E-state index in [1.54, 1.807) is 0 Å². The molecule has 4 nitrogen and oxygen atoms in total. The normalized spacial score (nSPS) is 10.7. The molecule has 134 valence electrons. The lowest BCUT2D eigenvalue weighted by Crippen LogP contribution is -2.05. The van der Waals surface area contributed by atoms with Crippen molar-refractivity contribution in [2.45, 2.75) is 13.5 Å². The molecule has 0 bridgehead atoms. The Labute approximate surface area is 152 Å². The van der Waals surface area contributed by atoms with Gasteiger partial charge in [0, 0.05) is 17.8 Å². The second kappa shape index (κ2) is 7.61. The molecule has 8 heteroatoms. The molecule has 0 amide bonds. The van der Waals surface area contributed by atoms with Crippen LogP contribution in [0.15, 0.2) is 42.6 Å². The van der Waals surface area contributed by atoms with Crippen LogP contribution in [0.1, 0.15) is 11.1 Å². The maximum atomic E-state index is 14.3. The largest absolute Gasteiger partial charge is 0.471 e. The molecule has 0 unspecified atom stereocenters. The minimum atomic E-state index is -0.954. The van der Waals surface area contributed by atoms with Gasteiger partial charge in [-0.1, -0.05) is 23.7 Å². The molecule has 3 rings (SSSR count). The first-order valence-corrected chi connectivity index (χ1v) is 7.84. The Hall–Kier alpha value is -2.80. The highest BCUT2D eigenvalue weighted by molar-refractivity contribution is 6.29. The number of halogens is 4. The second-order valence-electron chi connectivity index (χ2n) is 5.31. The van der Waals surface area contributed by atoms with Crippen LogP contribution in [-0.4, -0.2) is 9.97 Å². The summed E-state index contributed by atoms with van der Waals surface area (Å²) in [6, 6.07) is 8.28. The quantitative estimate of drug-likeness (QED) is 0.569. The van der Waals surface area contributed by atoms with Crippen LogP contribution in [0, 0.1) is 24.4 Å². The maximum Gasteiger partial charge on any atom is 0.259 e. The van der Waals surface area contributed by atoms with Gasteiger partial charge < -0.3 is 9.47 Å². The van der Waals surface area contributed by atoms with Gasteiger partial charge in [0.25, 0.3) is 11.8 Å². The fourth-order valence-corrected chi connectivity index (χ4v) is 2.23. The molecule has 2 aromatic heterocycles. The molecule has 0 radical (unpaired) electrons. The Kier molecular flexibility index (Phi) is 5.27. The lowest BCUT2D eigenvalue weighted by molar-refractivity contribution is 0.268. The molecule has 0 atom stereocenters. The summed E-state index contributed by atoms with van der Waals surface area (Å²) < 4.78 is 52.0. The summed E-state index contributed by atoms with van der Waals surface area (Å²) in [7, 11) is 0. The molecule has 1 aromatic carbocycles. The van der Waals surface area contributed by atoms with Crippen LogP contribution >= 0.6 is 11.6 Å². The Bertz CT molecular complexity index is 936. The molecule has 0 aliphatic carbocycles. The third-order valence-corrected chi connectivity index (χ3v) is 3.65. The van der Waals surface area contributed by atoms with Gasteiger partial charge in [0.15, 0.2) is 11.6 Å². The third-order valence-electron chi connectivity index (χ3n) is 3.44. The minimum Gasteiger partial charge on any atom is -0.471 e. The van der Waals surface area contributed by atoms with Gasteiger partial charge in [-0.05, 0) is 30.7 Å². The average Bonchev–Trinajstić information content (AvgIpc) is 2.62. The van der Waals surface area contributed by atoms with Gasteiger partial charge in [-0.15, -0.1) is 0 Å². The molecule has 2 heterocycles. The SMILES string of the molecule is Cc1c(F)c(OCc2ccc(F)cc2)nc(Oc2ccnc(Cl)c2)c1F. The van der Waals surface area contributed by atoms with Gasteiger partial charge in [-0.2, -0.15) is 4.98 Å². The van der Waals surface area contributed by atoms with E-state index >= 15 is 0 Å². The van der Waals surface area contributed by atoms with E-state index in [0.29, 0.717) is 5.56 Å². The molecule has 0 N–H and O–H groups in total. The molecule has 0 saturated carbocycles. The first kappa shape index (κ1) is 18.0. The standard InChI is InChI=1S/C18H12ClF3N2O2/c1-10-15(21)17(25-9-11-2-4-12(20)5-3-11)24-18(16(10)22)26-13-6-7-23-14(19)8-13/h2-8H,9H2,1H3. The Morgan fingerprint density at radius 1 is 1.00 bits per heavy atom. The summed E-state index contributed by atoms with van der Waals surface area (Å²) in [5.41, 5.74) is 0.294. The summed E-state index contributed by atoms with van der Waals surface area (Å²) in [5.74, 6) is -2.99. The van der Waals surface area contributed by atoms with Crippen LogP contribution in [-0.2, 0) is 6.61 Å². The van der Waals surface area contributed by atoms with Crippen molar-refractivity contribution in [3.8, 4) is 17.5 Å². The molecule has 26 heavy (non-hydrogen) atoms. The number of ether oxygens (including phenoxy) is 2. The van der Waals surface area contributed by atoms with Gasteiger partial charge in [0.1, 0.15) is 23.3 Å². The lowest BCUT2D eigenvalue weighted by atomic mass is 10.2. The molecule has 0 aliphatic heterocycles. The van der Waals surface area contributed by atoms with Crippen molar-refractivity contribution in [1.82, 2.24) is 9.97 Å². The monoisotopic (exact) mass is 380 g/mol. The van der Waals surface area contributed by atoms with E-state index in [1.165, 1.54) is 49.5 Å². The molecule has 0 spiro atoms. The predicted molar refractivity (Wildman–Crippen MR) is 88.9 cm³/mol. The topological polar surface area (TPSA) is 44.2 Å². The molecule has 3 aromatic rings. The lowest BCUT2D eigenvalue weighted by Gasteiger charge is -2.12. The smallest absolute Gasteiger partial charge is 0.259 e. The van der Waals surface area contributed by atoms with Crippen molar-refractivity contribution < 1.29 is 22.6 Å². The fourth-order valence-electron chi connectivity index (χ4n) is 2.06. The van der Waals surface area contributed by atoms with Crippen molar-refractivity contribution in [2.24, 2.45) is 0 Å². The highest BCUT2D eigenvalue weighted by atomic mass is 35.5. The molecule has 0 saturated heterocycles. The van der Waals surface area contributed by atoms with Crippen LogP contribution < -0.4 is 9.47 Å². The Balaban J connectivity index is 1.85. The third kappa shape index (κ3) is 4.05. The molecular formula is C18H12ClF3N2O2. The second-order valence-corrected chi connectivity index (χ2v) is 5.69. The average molecular weight is 381 g/mol. The van der Waals surface area contributed by atoms with Crippen LogP contribution in [0.4, 0.5) is 13.2 Å². The van der Waals surface area contributed by atoms with Crippen LogP contribution in [0.3, 0.4) is 0 Å². The maximum absolute atomic E-state index is 14.3.